The molecule has 10 heteroatoms. The van der Waals surface area contributed by atoms with Gasteiger partial charge in [0.15, 0.2) is 0 Å². The third-order valence-corrected chi connectivity index (χ3v) is 8.69. The van der Waals surface area contributed by atoms with Crippen molar-refractivity contribution in [1.82, 2.24) is 5.32 Å². The number of hydrogen-bond donors (Lipinski definition) is 2. The minimum Gasteiger partial charge on any atom is -0.493 e. The standard InChI is InChI=1S/C28H41NO8Si/c1-4-35-38(36-5-2,37-6-3)22-19-29-28(32)34-21-12-8-7-11-20-33-26-17-15-23(16-18-27(30)31)24-13-9-10-14-25(24)26/h9-10,13-18H,4-8,11-12,19-22H2,1-3H3,(H,29,32)(H,30,31). The number of benzene rings is 2. The van der Waals surface area contributed by atoms with Gasteiger partial charge in [0, 0.05) is 43.9 Å². The van der Waals surface area contributed by atoms with E-state index in [-0.39, 0.29) is 0 Å². The number of unbranched alkanes of at least 4 members (excludes halogenated alkanes) is 3. The molecule has 1 amide bonds. The van der Waals surface area contributed by atoms with Crippen LogP contribution in [0.25, 0.3) is 16.8 Å². The van der Waals surface area contributed by atoms with E-state index in [9.17, 15) is 9.59 Å². The van der Waals surface area contributed by atoms with E-state index in [1.54, 1.807) is 6.08 Å². The largest absolute Gasteiger partial charge is 0.502 e. The Kier molecular flexibility index (Phi) is 14.5. The average molecular weight is 548 g/mol. The summed E-state index contributed by atoms with van der Waals surface area (Å²) in [4.78, 5) is 22.9. The SMILES string of the molecule is CCO[Si](CCNC(=O)OCCCCCCOc1ccc(C=CC(=O)O)c2ccccc12)(OCC)OCC. The van der Waals surface area contributed by atoms with Crippen LogP contribution in [0.2, 0.25) is 6.04 Å². The summed E-state index contributed by atoms with van der Waals surface area (Å²) in [5.41, 5.74) is 0.832. The Morgan fingerprint density at radius 2 is 1.50 bits per heavy atom. The van der Waals surface area contributed by atoms with E-state index in [2.05, 4.69) is 5.32 Å². The smallest absolute Gasteiger partial charge is 0.493 e. The van der Waals surface area contributed by atoms with Crippen LogP contribution in [0, 0.1) is 0 Å². The highest BCUT2D eigenvalue weighted by Gasteiger charge is 2.40. The monoisotopic (exact) mass is 547 g/mol. The van der Waals surface area contributed by atoms with Crippen LogP contribution in [-0.2, 0) is 22.8 Å². The molecule has 0 aliphatic carbocycles. The van der Waals surface area contributed by atoms with E-state index < -0.39 is 20.9 Å². The van der Waals surface area contributed by atoms with Crippen molar-refractivity contribution in [2.45, 2.75) is 52.5 Å². The topological polar surface area (TPSA) is 113 Å². The zero-order chi connectivity index (χ0) is 27.6. The Morgan fingerprint density at radius 3 is 2.13 bits per heavy atom. The molecule has 210 valence electrons. The quantitative estimate of drug-likeness (QED) is 0.132. The van der Waals surface area contributed by atoms with Gasteiger partial charge < -0.3 is 33.2 Å². The molecule has 0 aliphatic rings. The maximum absolute atomic E-state index is 12.0. The van der Waals surface area contributed by atoms with Crippen molar-refractivity contribution in [1.29, 1.82) is 0 Å². The van der Waals surface area contributed by atoms with Gasteiger partial charge in [-0.1, -0.05) is 30.3 Å². The molecular weight excluding hydrogens is 506 g/mol. The maximum atomic E-state index is 12.0. The molecule has 0 fully saturated rings. The molecule has 9 nitrogen and oxygen atoms in total. The van der Waals surface area contributed by atoms with Crippen LogP contribution >= 0.6 is 0 Å². The van der Waals surface area contributed by atoms with Gasteiger partial charge >= 0.3 is 20.9 Å². The Balaban J connectivity index is 1.64. The van der Waals surface area contributed by atoms with Crippen LogP contribution in [0.5, 0.6) is 5.75 Å². The Bertz CT molecular complexity index is 1010. The van der Waals surface area contributed by atoms with Gasteiger partial charge in [-0.25, -0.2) is 9.59 Å². The number of hydrogen-bond acceptors (Lipinski definition) is 7. The molecule has 2 aromatic carbocycles. The number of carbonyl (C=O) groups is 2. The summed E-state index contributed by atoms with van der Waals surface area (Å²) in [5, 5.41) is 13.6. The lowest BCUT2D eigenvalue weighted by atomic mass is 10.0. The second-order valence-electron chi connectivity index (χ2n) is 8.43. The van der Waals surface area contributed by atoms with Crippen LogP contribution in [0.15, 0.2) is 42.5 Å². The summed E-state index contributed by atoms with van der Waals surface area (Å²) in [5.74, 6) is -0.205. The molecule has 2 N–H and O–H groups in total. The molecule has 38 heavy (non-hydrogen) atoms. The number of ether oxygens (including phenoxy) is 2. The number of carbonyl (C=O) groups excluding carboxylic acids is 1. The number of alkyl carbamates (subject to hydrolysis) is 1. The molecule has 0 heterocycles. The van der Waals surface area contributed by atoms with Crippen LogP contribution < -0.4 is 10.1 Å². The Morgan fingerprint density at radius 1 is 0.868 bits per heavy atom. The van der Waals surface area contributed by atoms with E-state index in [1.165, 1.54) is 0 Å². The van der Waals surface area contributed by atoms with E-state index in [0.717, 1.165) is 53.8 Å². The first-order chi connectivity index (χ1) is 18.4. The molecular formula is C28H41NO8Si. The Hall–Kier alpha value is -2.92. The van der Waals surface area contributed by atoms with E-state index in [1.807, 2.05) is 57.2 Å². The maximum Gasteiger partial charge on any atom is 0.502 e. The van der Waals surface area contributed by atoms with Crippen LogP contribution in [0.1, 0.15) is 52.0 Å². The summed E-state index contributed by atoms with van der Waals surface area (Å²) < 4.78 is 28.6. The molecule has 0 bridgehead atoms. The summed E-state index contributed by atoms with van der Waals surface area (Å²) >= 11 is 0. The number of aliphatic carboxylic acids is 1. The fraction of sp³-hybridized carbons (Fsp3) is 0.500. The second-order valence-corrected chi connectivity index (χ2v) is 11.2. The number of fused-ring (bicyclic) bond motifs is 1. The van der Waals surface area contributed by atoms with Crippen LogP contribution in [0.3, 0.4) is 0 Å². The highest BCUT2D eigenvalue weighted by molar-refractivity contribution is 6.60. The van der Waals surface area contributed by atoms with Gasteiger partial charge in [-0.05, 0) is 69.5 Å². The number of carboxylic acids is 1. The third-order valence-electron chi connectivity index (χ3n) is 5.65. The summed E-state index contributed by atoms with van der Waals surface area (Å²) in [6, 6.07) is 12.0. The van der Waals surface area contributed by atoms with Crippen LogP contribution in [0.4, 0.5) is 4.79 Å². The first kappa shape index (κ1) is 31.3. The first-order valence-corrected chi connectivity index (χ1v) is 15.3. The lowest BCUT2D eigenvalue weighted by Gasteiger charge is -2.28. The van der Waals surface area contributed by atoms with Crippen molar-refractivity contribution in [2.24, 2.45) is 0 Å². The van der Waals surface area contributed by atoms with E-state index >= 15 is 0 Å². The normalized spacial score (nSPS) is 11.7. The highest BCUT2D eigenvalue weighted by Crippen LogP contribution is 2.29. The van der Waals surface area contributed by atoms with Gasteiger partial charge in [0.25, 0.3) is 0 Å². The minimum atomic E-state index is -2.78. The molecule has 0 saturated carbocycles. The predicted octanol–water partition coefficient (Wildman–Crippen LogP) is 5.65. The van der Waals surface area contributed by atoms with Crippen molar-refractivity contribution in [3.63, 3.8) is 0 Å². The van der Waals surface area contributed by atoms with Gasteiger partial charge in [-0.2, -0.15) is 0 Å². The molecule has 2 aromatic rings. The molecule has 0 spiro atoms. The van der Waals surface area contributed by atoms with Crippen molar-refractivity contribution < 1.29 is 37.4 Å². The van der Waals surface area contributed by atoms with Crippen molar-refractivity contribution in [2.75, 3.05) is 39.6 Å². The van der Waals surface area contributed by atoms with Crippen LogP contribution in [-0.4, -0.2) is 65.6 Å². The van der Waals surface area contributed by atoms with Gasteiger partial charge in [-0.15, -0.1) is 0 Å². The lowest BCUT2D eigenvalue weighted by Crippen LogP contribution is -2.48. The predicted molar refractivity (Wildman–Crippen MR) is 149 cm³/mol. The molecule has 0 atom stereocenters. The van der Waals surface area contributed by atoms with Gasteiger partial charge in [-0.3, -0.25) is 0 Å². The second kappa shape index (κ2) is 17.6. The number of rotatable bonds is 19. The van der Waals surface area contributed by atoms with Gasteiger partial charge in [0.1, 0.15) is 5.75 Å². The number of carboxylic acid groups (broad SMARTS) is 1. The van der Waals surface area contributed by atoms with Crippen molar-refractivity contribution in [3.05, 3.63) is 48.0 Å². The molecule has 0 aliphatic heterocycles. The fourth-order valence-corrected chi connectivity index (χ4v) is 6.44. The summed E-state index contributed by atoms with van der Waals surface area (Å²) in [6.45, 7) is 8.48. The molecule has 0 unspecified atom stereocenters. The van der Waals surface area contributed by atoms with Gasteiger partial charge in [0.2, 0.25) is 0 Å². The van der Waals surface area contributed by atoms with E-state index in [0.29, 0.717) is 45.6 Å². The number of nitrogens with one attached hydrogen (secondary N) is 1. The van der Waals surface area contributed by atoms with E-state index in [4.69, 9.17) is 27.9 Å². The average Bonchev–Trinajstić information content (AvgIpc) is 2.89. The first-order valence-electron chi connectivity index (χ1n) is 13.3. The van der Waals surface area contributed by atoms with Gasteiger partial charge in [0.05, 0.1) is 13.2 Å². The summed E-state index contributed by atoms with van der Waals surface area (Å²) in [6.07, 6.45) is 5.80. The zero-order valence-corrected chi connectivity index (χ0v) is 23.7. The number of amides is 1. The van der Waals surface area contributed by atoms with Crippen molar-refractivity contribution >= 4 is 37.7 Å². The molecule has 0 aromatic heterocycles. The molecule has 2 rings (SSSR count). The molecule has 0 saturated heterocycles. The Labute approximate surface area is 226 Å². The molecule has 0 radical (unpaired) electrons. The zero-order valence-electron chi connectivity index (χ0n) is 22.7. The fourth-order valence-electron chi connectivity index (χ4n) is 4.00. The lowest BCUT2D eigenvalue weighted by molar-refractivity contribution is -0.131. The van der Waals surface area contributed by atoms with Crippen molar-refractivity contribution in [3.8, 4) is 5.75 Å². The summed E-state index contributed by atoms with van der Waals surface area (Å²) in [7, 11) is -2.78. The third kappa shape index (κ3) is 10.8. The minimum absolute atomic E-state index is 0.355. The highest BCUT2D eigenvalue weighted by atomic mass is 28.4.